The fourth-order valence-electron chi connectivity index (χ4n) is 5.29. The van der Waals surface area contributed by atoms with Crippen LogP contribution in [0.3, 0.4) is 0 Å². The minimum absolute atomic E-state index is 0.158. The van der Waals surface area contributed by atoms with Gasteiger partial charge in [-0.25, -0.2) is 9.79 Å². The summed E-state index contributed by atoms with van der Waals surface area (Å²) in [7, 11) is 0. The number of halogens is 3. The van der Waals surface area contributed by atoms with E-state index in [4.69, 9.17) is 26.1 Å². The predicted octanol–water partition coefficient (Wildman–Crippen LogP) is 7.41. The number of ether oxygens (including phenoxy) is 2. The molecule has 1 atom stereocenters. The third kappa shape index (κ3) is 6.85. The van der Waals surface area contributed by atoms with Crippen LogP contribution in [0.1, 0.15) is 40.8 Å². The number of nitriles is 1. The Balaban J connectivity index is 1.56. The summed E-state index contributed by atoms with van der Waals surface area (Å²) >= 11 is 13.2. The van der Waals surface area contributed by atoms with E-state index in [1.54, 1.807) is 47.9 Å². The number of hydrogen-bond donors (Lipinski definition) is 0. The maximum Gasteiger partial charge on any atom is 0.338 e. The smallest absolute Gasteiger partial charge is 0.338 e. The fourth-order valence-corrected chi connectivity index (χ4v) is 8.11. The van der Waals surface area contributed by atoms with Crippen LogP contribution in [0.5, 0.6) is 5.75 Å². The van der Waals surface area contributed by atoms with E-state index >= 15 is 0 Å². The van der Waals surface area contributed by atoms with Crippen molar-refractivity contribution in [1.82, 2.24) is 4.57 Å². The molecule has 0 aliphatic carbocycles. The van der Waals surface area contributed by atoms with E-state index < -0.39 is 12.0 Å². The van der Waals surface area contributed by atoms with Crippen LogP contribution in [-0.4, -0.2) is 17.1 Å². The SMILES string of the molecule is CCOC(=O)C1=C(c2ccccc2)N=c2s/c(=C\c3cc(Br)cc(I)c3OCc3ccccc3C#N)c(=O)n2[C@H]1c1ccc(Cl)cc1. The van der Waals surface area contributed by atoms with E-state index in [-0.39, 0.29) is 24.3 Å². The maximum absolute atomic E-state index is 14.4. The van der Waals surface area contributed by atoms with Gasteiger partial charge in [0.25, 0.3) is 5.56 Å². The standard InChI is InChI=1S/C36H24BrClIN3O4S/c1-2-45-35(44)30-31(21-8-4-3-5-9-21)41-36-42(32(30)22-12-14-27(38)15-13-22)34(43)29(47-36)17-25-16-26(37)18-28(39)33(25)46-20-24-11-7-6-10-23(24)19-40/h3-18,32H,2,20H2,1H3/b29-17-/t32-/m0/s1. The molecule has 1 aliphatic rings. The highest BCUT2D eigenvalue weighted by atomic mass is 127. The number of nitrogens with zero attached hydrogens (tertiary/aromatic N) is 3. The van der Waals surface area contributed by atoms with Gasteiger partial charge in [0.1, 0.15) is 12.4 Å². The second-order valence-corrected chi connectivity index (χ2v) is 13.9. The third-order valence-electron chi connectivity index (χ3n) is 7.39. The van der Waals surface area contributed by atoms with Crippen LogP contribution in [0, 0.1) is 14.9 Å². The number of fused-ring (bicyclic) bond motifs is 1. The summed E-state index contributed by atoms with van der Waals surface area (Å²) in [5.74, 6) is 0.0121. The molecule has 2 heterocycles. The van der Waals surface area contributed by atoms with Crippen LogP contribution in [0.15, 0.2) is 111 Å². The van der Waals surface area contributed by atoms with Crippen molar-refractivity contribution in [3.63, 3.8) is 0 Å². The van der Waals surface area contributed by atoms with E-state index in [1.165, 1.54) is 11.3 Å². The van der Waals surface area contributed by atoms with Gasteiger partial charge in [-0.3, -0.25) is 9.36 Å². The number of carbonyl (C=O) groups is 1. The number of hydrogen-bond acceptors (Lipinski definition) is 7. The topological polar surface area (TPSA) is 93.7 Å². The Hall–Kier alpha value is -4.02. The molecule has 47 heavy (non-hydrogen) atoms. The van der Waals surface area contributed by atoms with Crippen LogP contribution >= 0.6 is 61.5 Å². The second kappa shape index (κ2) is 14.4. The number of aromatic nitrogens is 1. The van der Waals surface area contributed by atoms with Crippen molar-refractivity contribution >= 4 is 79.2 Å². The Morgan fingerprint density at radius 3 is 2.55 bits per heavy atom. The van der Waals surface area contributed by atoms with Gasteiger partial charge in [-0.15, -0.1) is 0 Å². The molecule has 0 saturated carbocycles. The van der Waals surface area contributed by atoms with Gasteiger partial charge in [-0.05, 0) is 71.5 Å². The lowest BCUT2D eigenvalue weighted by atomic mass is 9.93. The number of carbonyl (C=O) groups excluding carboxylic acids is 1. The summed E-state index contributed by atoms with van der Waals surface area (Å²) in [6.07, 6.45) is 1.78. The van der Waals surface area contributed by atoms with Crippen molar-refractivity contribution in [3.05, 3.63) is 157 Å². The molecule has 11 heteroatoms. The van der Waals surface area contributed by atoms with E-state index in [9.17, 15) is 14.9 Å². The molecule has 0 radical (unpaired) electrons. The summed E-state index contributed by atoms with van der Waals surface area (Å²) in [6.45, 7) is 2.07. The van der Waals surface area contributed by atoms with Crippen molar-refractivity contribution in [2.75, 3.05) is 6.61 Å². The lowest BCUT2D eigenvalue weighted by Gasteiger charge is -2.26. The largest absolute Gasteiger partial charge is 0.487 e. The zero-order chi connectivity index (χ0) is 33.1. The molecule has 0 unspecified atom stereocenters. The molecule has 4 aromatic carbocycles. The molecule has 0 saturated heterocycles. The van der Waals surface area contributed by atoms with Gasteiger partial charge in [0, 0.05) is 26.2 Å². The summed E-state index contributed by atoms with van der Waals surface area (Å²) in [5.41, 5.74) is 3.74. The van der Waals surface area contributed by atoms with Crippen molar-refractivity contribution in [3.8, 4) is 11.8 Å². The summed E-state index contributed by atoms with van der Waals surface area (Å²) in [6, 6.07) is 28.9. The van der Waals surface area contributed by atoms with Gasteiger partial charge in [-0.1, -0.05) is 99.5 Å². The Morgan fingerprint density at radius 2 is 1.83 bits per heavy atom. The molecule has 1 aliphatic heterocycles. The lowest BCUT2D eigenvalue weighted by molar-refractivity contribution is -0.138. The highest BCUT2D eigenvalue weighted by Gasteiger charge is 2.35. The molecule has 234 valence electrons. The molecule has 0 N–H and O–H groups in total. The van der Waals surface area contributed by atoms with Crippen LogP contribution in [0.2, 0.25) is 5.02 Å². The van der Waals surface area contributed by atoms with Gasteiger partial charge in [0.15, 0.2) is 4.80 Å². The molecule has 6 rings (SSSR count). The first kappa shape index (κ1) is 32.9. The lowest BCUT2D eigenvalue weighted by Crippen LogP contribution is -2.40. The summed E-state index contributed by atoms with van der Waals surface area (Å²) in [5, 5.41) is 10.1. The zero-order valence-electron chi connectivity index (χ0n) is 24.7. The van der Waals surface area contributed by atoms with Gasteiger partial charge in [0.2, 0.25) is 0 Å². The molecule has 0 amide bonds. The normalized spacial score (nSPS) is 14.3. The van der Waals surface area contributed by atoms with Crippen LogP contribution in [-0.2, 0) is 16.1 Å². The number of rotatable bonds is 8. The van der Waals surface area contributed by atoms with Crippen molar-refractivity contribution in [2.24, 2.45) is 4.99 Å². The number of esters is 1. The van der Waals surface area contributed by atoms with E-state index in [1.807, 2.05) is 60.7 Å². The van der Waals surface area contributed by atoms with E-state index in [0.29, 0.717) is 42.5 Å². The molecule has 0 bridgehead atoms. The number of benzene rings is 4. The minimum atomic E-state index is -0.819. The third-order valence-corrected chi connectivity index (χ3v) is 9.89. The molecule has 5 aromatic rings. The summed E-state index contributed by atoms with van der Waals surface area (Å²) < 4.78 is 15.4. The molecule has 0 spiro atoms. The van der Waals surface area contributed by atoms with E-state index in [2.05, 4.69) is 44.6 Å². The van der Waals surface area contributed by atoms with Crippen LogP contribution in [0.4, 0.5) is 0 Å². The molecular weight excluding hydrogens is 813 g/mol. The minimum Gasteiger partial charge on any atom is -0.487 e. The van der Waals surface area contributed by atoms with Crippen LogP contribution < -0.4 is 19.6 Å². The first-order valence-electron chi connectivity index (χ1n) is 14.4. The van der Waals surface area contributed by atoms with Crippen molar-refractivity contribution in [2.45, 2.75) is 19.6 Å². The number of thiazole rings is 1. The monoisotopic (exact) mass is 835 g/mol. The fraction of sp³-hybridized carbons (Fsp3) is 0.111. The van der Waals surface area contributed by atoms with Crippen molar-refractivity contribution < 1.29 is 14.3 Å². The second-order valence-electron chi connectivity index (χ2n) is 10.3. The molecule has 0 fully saturated rings. The Bertz CT molecular complexity index is 2260. The van der Waals surface area contributed by atoms with Gasteiger partial charge in [0.05, 0.1) is 43.7 Å². The Labute approximate surface area is 301 Å². The molecule has 1 aromatic heterocycles. The highest BCUT2D eigenvalue weighted by molar-refractivity contribution is 14.1. The van der Waals surface area contributed by atoms with Crippen molar-refractivity contribution in [1.29, 1.82) is 5.26 Å². The Morgan fingerprint density at radius 1 is 1.11 bits per heavy atom. The zero-order valence-corrected chi connectivity index (χ0v) is 30.1. The highest BCUT2D eigenvalue weighted by Crippen LogP contribution is 2.36. The molecular formula is C36H24BrClIN3O4S. The molecule has 7 nitrogen and oxygen atoms in total. The van der Waals surface area contributed by atoms with Crippen LogP contribution in [0.25, 0.3) is 11.8 Å². The van der Waals surface area contributed by atoms with Gasteiger partial charge < -0.3 is 9.47 Å². The quantitative estimate of drug-likeness (QED) is 0.120. The average molecular weight is 837 g/mol. The average Bonchev–Trinajstić information content (AvgIpc) is 3.38. The first-order chi connectivity index (χ1) is 22.8. The van der Waals surface area contributed by atoms with Gasteiger partial charge >= 0.3 is 5.97 Å². The van der Waals surface area contributed by atoms with Gasteiger partial charge in [-0.2, -0.15) is 5.26 Å². The first-order valence-corrected chi connectivity index (χ1v) is 17.5. The Kier molecular flexibility index (Phi) is 10.1. The summed E-state index contributed by atoms with van der Waals surface area (Å²) in [4.78, 5) is 33.4. The maximum atomic E-state index is 14.4. The predicted molar refractivity (Wildman–Crippen MR) is 195 cm³/mol. The van der Waals surface area contributed by atoms with E-state index in [0.717, 1.165) is 19.2 Å².